The number of fused-ring (bicyclic) bond motifs is 3. The van der Waals surface area contributed by atoms with E-state index in [2.05, 4.69) is 99.2 Å². The van der Waals surface area contributed by atoms with E-state index >= 15 is 0 Å². The van der Waals surface area contributed by atoms with Crippen molar-refractivity contribution in [1.82, 2.24) is 0 Å². The Balaban J connectivity index is 2.08. The third-order valence-corrected chi connectivity index (χ3v) is 7.86. The first kappa shape index (κ1) is 19.7. The maximum absolute atomic E-state index is 4.22. The third-order valence-electron chi connectivity index (χ3n) is 7.86. The van der Waals surface area contributed by atoms with Crippen LogP contribution >= 0.6 is 0 Å². The van der Waals surface area contributed by atoms with Gasteiger partial charge in [0.2, 0.25) is 0 Å². The Morgan fingerprint density at radius 1 is 0.621 bits per heavy atom. The maximum Gasteiger partial charge on any atom is 0.0108 e. The summed E-state index contributed by atoms with van der Waals surface area (Å²) in [6.45, 7) is 16.8. The Morgan fingerprint density at radius 3 is 1.55 bits per heavy atom. The van der Waals surface area contributed by atoms with E-state index in [1.165, 1.54) is 22.3 Å². The summed E-state index contributed by atoms with van der Waals surface area (Å²) in [7, 11) is 0. The molecule has 0 bridgehead atoms. The van der Waals surface area contributed by atoms with Crippen molar-refractivity contribution in [2.24, 2.45) is 5.41 Å². The van der Waals surface area contributed by atoms with Crippen molar-refractivity contribution in [2.75, 3.05) is 0 Å². The van der Waals surface area contributed by atoms with E-state index in [1.54, 1.807) is 0 Å². The molecule has 0 nitrogen and oxygen atoms in total. The average Bonchev–Trinajstić information content (AvgIpc) is 3.20. The average molecular weight is 381 g/mol. The Hall–Kier alpha value is -2.60. The van der Waals surface area contributed by atoms with E-state index in [0.29, 0.717) is 0 Å². The second-order valence-electron chi connectivity index (χ2n) is 8.89. The highest BCUT2D eigenvalue weighted by Gasteiger charge is 2.68. The van der Waals surface area contributed by atoms with Crippen molar-refractivity contribution >= 4 is 0 Å². The second kappa shape index (κ2) is 7.34. The minimum atomic E-state index is -0.0441. The fourth-order valence-corrected chi connectivity index (χ4v) is 6.98. The smallest absolute Gasteiger partial charge is 0.0108 e. The lowest BCUT2D eigenvalue weighted by Gasteiger charge is -2.54. The minimum absolute atomic E-state index is 0.00537. The summed E-state index contributed by atoms with van der Waals surface area (Å²) in [6.07, 6.45) is 14.5. The van der Waals surface area contributed by atoms with Gasteiger partial charge in [-0.1, -0.05) is 72.8 Å². The molecule has 4 rings (SSSR count). The highest BCUT2D eigenvalue weighted by atomic mass is 14.7. The van der Waals surface area contributed by atoms with Gasteiger partial charge in [0.05, 0.1) is 0 Å². The molecule has 29 heavy (non-hydrogen) atoms. The fourth-order valence-electron chi connectivity index (χ4n) is 6.98. The van der Waals surface area contributed by atoms with E-state index in [9.17, 15) is 0 Å². The molecule has 0 atom stereocenters. The predicted molar refractivity (Wildman–Crippen MR) is 125 cm³/mol. The zero-order valence-corrected chi connectivity index (χ0v) is 17.5. The van der Waals surface area contributed by atoms with Crippen LogP contribution in [0, 0.1) is 5.41 Å². The first-order valence-electron chi connectivity index (χ1n) is 10.7. The molecule has 0 aromatic heterocycles. The first-order valence-corrected chi connectivity index (χ1v) is 10.7. The molecule has 0 radical (unpaired) electrons. The van der Waals surface area contributed by atoms with Crippen LogP contribution in [0.15, 0.2) is 99.2 Å². The van der Waals surface area contributed by atoms with Crippen LogP contribution in [-0.4, -0.2) is 0 Å². The number of allylic oxidation sites excluding steroid dienone is 4. The van der Waals surface area contributed by atoms with Gasteiger partial charge in [0.1, 0.15) is 0 Å². The number of rotatable bonds is 8. The highest BCUT2D eigenvalue weighted by Crippen LogP contribution is 2.71. The molecule has 2 aliphatic carbocycles. The van der Waals surface area contributed by atoms with Gasteiger partial charge in [-0.15, -0.1) is 26.3 Å². The summed E-state index contributed by atoms with van der Waals surface area (Å²) >= 11 is 0. The quantitative estimate of drug-likeness (QED) is 0.423. The van der Waals surface area contributed by atoms with Crippen molar-refractivity contribution in [3.8, 4) is 0 Å². The van der Waals surface area contributed by atoms with Gasteiger partial charge in [-0.3, -0.25) is 0 Å². The zero-order valence-electron chi connectivity index (χ0n) is 17.5. The van der Waals surface area contributed by atoms with Crippen molar-refractivity contribution < 1.29 is 0 Å². The van der Waals surface area contributed by atoms with Crippen molar-refractivity contribution in [1.29, 1.82) is 0 Å². The normalized spacial score (nSPS) is 19.3. The van der Waals surface area contributed by atoms with Gasteiger partial charge in [-0.05, 0) is 66.2 Å². The molecule has 2 aliphatic rings. The van der Waals surface area contributed by atoms with Crippen LogP contribution < -0.4 is 0 Å². The first-order chi connectivity index (χ1) is 14.1. The molecule has 0 fully saturated rings. The lowest BCUT2D eigenvalue weighted by atomic mass is 9.48. The Labute approximate surface area is 176 Å². The highest BCUT2D eigenvalue weighted by molar-refractivity contribution is 5.57. The van der Waals surface area contributed by atoms with E-state index in [0.717, 1.165) is 38.5 Å². The van der Waals surface area contributed by atoms with Crippen LogP contribution in [0.25, 0.3) is 0 Å². The standard InChI is InChI=1S/C29H32/c1-5-17-27(18-6-2)25-15-11-12-16-26(25)28(29(27,19-7-3)20-8-4)21-23-13-9-10-14-24(23)22-28/h5-16H,1-4,17-22H2. The molecule has 1 spiro atoms. The molecule has 148 valence electrons. The van der Waals surface area contributed by atoms with Gasteiger partial charge in [-0.2, -0.15) is 0 Å². The third kappa shape index (κ3) is 2.45. The van der Waals surface area contributed by atoms with E-state index < -0.39 is 0 Å². The summed E-state index contributed by atoms with van der Waals surface area (Å²) in [5.74, 6) is 0. The van der Waals surface area contributed by atoms with Gasteiger partial charge in [0, 0.05) is 10.8 Å². The summed E-state index contributed by atoms with van der Waals surface area (Å²) in [5.41, 5.74) is 5.98. The topological polar surface area (TPSA) is 0 Å². The molecular weight excluding hydrogens is 348 g/mol. The predicted octanol–water partition coefficient (Wildman–Crippen LogP) is 7.27. The van der Waals surface area contributed by atoms with Crippen molar-refractivity contribution in [3.05, 3.63) is 121 Å². The van der Waals surface area contributed by atoms with Crippen LogP contribution in [0.2, 0.25) is 0 Å². The van der Waals surface area contributed by atoms with Gasteiger partial charge in [0.25, 0.3) is 0 Å². The summed E-state index contributed by atoms with van der Waals surface area (Å²) < 4.78 is 0. The van der Waals surface area contributed by atoms with Crippen LogP contribution in [0.4, 0.5) is 0 Å². The molecule has 2 aromatic carbocycles. The molecular formula is C29H32. The number of hydrogen-bond acceptors (Lipinski definition) is 0. The fraction of sp³-hybridized carbons (Fsp3) is 0.310. The summed E-state index contributed by atoms with van der Waals surface area (Å²) in [5, 5.41) is 0. The largest absolute Gasteiger partial charge is 0.103 e. The van der Waals surface area contributed by atoms with E-state index in [1.807, 2.05) is 0 Å². The van der Waals surface area contributed by atoms with Crippen molar-refractivity contribution in [3.63, 3.8) is 0 Å². The molecule has 0 aliphatic heterocycles. The molecule has 0 unspecified atom stereocenters. The molecule has 0 saturated heterocycles. The molecule has 0 heterocycles. The van der Waals surface area contributed by atoms with Crippen molar-refractivity contribution in [2.45, 2.75) is 49.4 Å². The van der Waals surface area contributed by atoms with Crippen LogP contribution in [-0.2, 0) is 23.7 Å². The van der Waals surface area contributed by atoms with Gasteiger partial charge >= 0.3 is 0 Å². The molecule has 2 aromatic rings. The van der Waals surface area contributed by atoms with E-state index in [-0.39, 0.29) is 16.2 Å². The molecule has 0 heteroatoms. The number of hydrogen-bond donors (Lipinski definition) is 0. The van der Waals surface area contributed by atoms with E-state index in [4.69, 9.17) is 0 Å². The molecule has 0 N–H and O–H groups in total. The summed E-state index contributed by atoms with van der Waals surface area (Å²) in [6, 6.07) is 18.2. The Morgan fingerprint density at radius 2 is 1.07 bits per heavy atom. The van der Waals surface area contributed by atoms with Crippen LogP contribution in [0.5, 0.6) is 0 Å². The van der Waals surface area contributed by atoms with Crippen LogP contribution in [0.3, 0.4) is 0 Å². The summed E-state index contributed by atoms with van der Waals surface area (Å²) in [4.78, 5) is 0. The van der Waals surface area contributed by atoms with Gasteiger partial charge in [0.15, 0.2) is 0 Å². The number of benzene rings is 2. The molecule has 0 saturated carbocycles. The minimum Gasteiger partial charge on any atom is -0.103 e. The Kier molecular flexibility index (Phi) is 4.99. The Bertz CT molecular complexity index is 913. The maximum atomic E-state index is 4.22. The second-order valence-corrected chi connectivity index (χ2v) is 8.89. The van der Waals surface area contributed by atoms with Gasteiger partial charge in [-0.25, -0.2) is 0 Å². The molecule has 0 amide bonds. The van der Waals surface area contributed by atoms with Gasteiger partial charge < -0.3 is 0 Å². The lowest BCUT2D eigenvalue weighted by Crippen LogP contribution is -2.53. The lowest BCUT2D eigenvalue weighted by molar-refractivity contribution is 0.0456. The zero-order chi connectivity index (χ0) is 20.5. The monoisotopic (exact) mass is 380 g/mol. The SMILES string of the molecule is C=CCC1(CC=C)c2ccccc2C2(Cc3ccccc3C2)C1(CC=C)CC=C. The van der Waals surface area contributed by atoms with Crippen LogP contribution in [0.1, 0.15) is 47.9 Å².